The highest BCUT2D eigenvalue weighted by molar-refractivity contribution is 5.40. The van der Waals surface area contributed by atoms with Gasteiger partial charge in [-0.2, -0.15) is 0 Å². The summed E-state index contributed by atoms with van der Waals surface area (Å²) in [7, 11) is 0. The SMILES string of the molecule is CC1(C)CCCCC1c1ccc(N)cc1. The van der Waals surface area contributed by atoms with E-state index in [2.05, 4.69) is 26.0 Å². The predicted molar refractivity (Wildman–Crippen MR) is 65.8 cm³/mol. The zero-order valence-corrected chi connectivity index (χ0v) is 9.79. The molecule has 1 aliphatic rings. The molecule has 1 heteroatoms. The van der Waals surface area contributed by atoms with E-state index >= 15 is 0 Å². The second kappa shape index (κ2) is 3.88. The molecule has 1 aliphatic carbocycles. The Morgan fingerprint density at radius 2 is 1.80 bits per heavy atom. The minimum atomic E-state index is 0.453. The minimum absolute atomic E-state index is 0.453. The van der Waals surface area contributed by atoms with Crippen molar-refractivity contribution in [2.75, 3.05) is 5.73 Å². The lowest BCUT2D eigenvalue weighted by molar-refractivity contribution is 0.199. The third-order valence-electron chi connectivity index (χ3n) is 3.85. The largest absolute Gasteiger partial charge is 0.399 e. The first kappa shape index (κ1) is 10.5. The van der Waals surface area contributed by atoms with Crippen LogP contribution in [0, 0.1) is 5.41 Å². The zero-order chi connectivity index (χ0) is 10.9. The Balaban J connectivity index is 2.25. The average Bonchev–Trinajstić information content (AvgIpc) is 2.19. The molecule has 2 rings (SSSR count). The van der Waals surface area contributed by atoms with E-state index in [1.807, 2.05) is 12.1 Å². The summed E-state index contributed by atoms with van der Waals surface area (Å²) in [5.74, 6) is 0.715. The van der Waals surface area contributed by atoms with Gasteiger partial charge in [-0.3, -0.25) is 0 Å². The van der Waals surface area contributed by atoms with E-state index in [-0.39, 0.29) is 0 Å². The maximum Gasteiger partial charge on any atom is 0.0314 e. The maximum atomic E-state index is 5.72. The maximum absolute atomic E-state index is 5.72. The van der Waals surface area contributed by atoms with Crippen LogP contribution in [0.2, 0.25) is 0 Å². The number of benzene rings is 1. The Kier molecular flexibility index (Phi) is 2.72. The van der Waals surface area contributed by atoms with E-state index in [0.717, 1.165) is 5.69 Å². The Morgan fingerprint density at radius 1 is 1.13 bits per heavy atom. The minimum Gasteiger partial charge on any atom is -0.399 e. The lowest BCUT2D eigenvalue weighted by Crippen LogP contribution is -2.25. The van der Waals surface area contributed by atoms with Crippen LogP contribution < -0.4 is 5.73 Å². The molecule has 1 aromatic rings. The number of nitrogen functional groups attached to an aromatic ring is 1. The summed E-state index contributed by atoms with van der Waals surface area (Å²) in [6.45, 7) is 4.79. The Bertz CT molecular complexity index is 324. The predicted octanol–water partition coefficient (Wildman–Crippen LogP) is 3.95. The van der Waals surface area contributed by atoms with Gasteiger partial charge in [-0.05, 0) is 41.9 Å². The van der Waals surface area contributed by atoms with E-state index in [0.29, 0.717) is 11.3 Å². The fourth-order valence-electron chi connectivity index (χ4n) is 2.84. The van der Waals surface area contributed by atoms with Crippen molar-refractivity contribution in [2.45, 2.75) is 45.4 Å². The van der Waals surface area contributed by atoms with E-state index < -0.39 is 0 Å². The fourth-order valence-corrected chi connectivity index (χ4v) is 2.84. The van der Waals surface area contributed by atoms with Gasteiger partial charge in [0.1, 0.15) is 0 Å². The molecule has 0 heterocycles. The molecule has 0 saturated heterocycles. The molecule has 0 amide bonds. The van der Waals surface area contributed by atoms with E-state index in [1.165, 1.54) is 31.2 Å². The summed E-state index contributed by atoms with van der Waals surface area (Å²) in [6.07, 6.45) is 5.44. The fraction of sp³-hybridized carbons (Fsp3) is 0.571. The van der Waals surface area contributed by atoms with Crippen molar-refractivity contribution < 1.29 is 0 Å². The summed E-state index contributed by atoms with van der Waals surface area (Å²) in [4.78, 5) is 0. The Morgan fingerprint density at radius 3 is 2.40 bits per heavy atom. The van der Waals surface area contributed by atoms with Crippen LogP contribution in [0.5, 0.6) is 0 Å². The summed E-state index contributed by atoms with van der Waals surface area (Å²) in [5.41, 5.74) is 8.51. The van der Waals surface area contributed by atoms with Crippen molar-refractivity contribution in [3.63, 3.8) is 0 Å². The monoisotopic (exact) mass is 203 g/mol. The van der Waals surface area contributed by atoms with Crippen molar-refractivity contribution in [1.29, 1.82) is 0 Å². The van der Waals surface area contributed by atoms with Crippen LogP contribution in [0.15, 0.2) is 24.3 Å². The van der Waals surface area contributed by atoms with Crippen LogP contribution in [0.1, 0.15) is 51.0 Å². The smallest absolute Gasteiger partial charge is 0.0314 e. The van der Waals surface area contributed by atoms with Crippen molar-refractivity contribution in [3.8, 4) is 0 Å². The molecular weight excluding hydrogens is 182 g/mol. The van der Waals surface area contributed by atoms with Gasteiger partial charge >= 0.3 is 0 Å². The first-order valence-corrected chi connectivity index (χ1v) is 5.95. The van der Waals surface area contributed by atoms with Crippen LogP contribution in [0.3, 0.4) is 0 Å². The molecule has 1 fully saturated rings. The summed E-state index contributed by atoms with van der Waals surface area (Å²) >= 11 is 0. The van der Waals surface area contributed by atoms with Crippen LogP contribution in [-0.2, 0) is 0 Å². The van der Waals surface area contributed by atoms with E-state index in [1.54, 1.807) is 0 Å². The lowest BCUT2D eigenvalue weighted by Gasteiger charge is -2.39. The van der Waals surface area contributed by atoms with Gasteiger partial charge in [-0.1, -0.05) is 38.8 Å². The topological polar surface area (TPSA) is 26.0 Å². The lowest BCUT2D eigenvalue weighted by atomic mass is 9.66. The van der Waals surface area contributed by atoms with Crippen molar-refractivity contribution in [2.24, 2.45) is 5.41 Å². The molecule has 1 aromatic carbocycles. The summed E-state index contributed by atoms with van der Waals surface area (Å²) in [6, 6.07) is 8.46. The first-order chi connectivity index (χ1) is 7.09. The molecule has 0 bridgehead atoms. The highest BCUT2D eigenvalue weighted by atomic mass is 14.5. The van der Waals surface area contributed by atoms with Crippen LogP contribution in [-0.4, -0.2) is 0 Å². The molecule has 2 N–H and O–H groups in total. The van der Waals surface area contributed by atoms with Crippen LogP contribution in [0.25, 0.3) is 0 Å². The number of hydrogen-bond acceptors (Lipinski definition) is 1. The van der Waals surface area contributed by atoms with Crippen LogP contribution in [0.4, 0.5) is 5.69 Å². The van der Waals surface area contributed by atoms with Gasteiger partial charge in [0.25, 0.3) is 0 Å². The third-order valence-corrected chi connectivity index (χ3v) is 3.85. The number of hydrogen-bond donors (Lipinski definition) is 1. The quantitative estimate of drug-likeness (QED) is 0.687. The molecule has 82 valence electrons. The van der Waals surface area contributed by atoms with Crippen molar-refractivity contribution in [3.05, 3.63) is 29.8 Å². The normalized spacial score (nSPS) is 25.1. The summed E-state index contributed by atoms with van der Waals surface area (Å²) in [5, 5.41) is 0. The molecule has 0 aromatic heterocycles. The van der Waals surface area contributed by atoms with E-state index in [4.69, 9.17) is 5.73 Å². The zero-order valence-electron chi connectivity index (χ0n) is 9.79. The highest BCUT2D eigenvalue weighted by Gasteiger charge is 2.32. The molecule has 1 saturated carbocycles. The summed E-state index contributed by atoms with van der Waals surface area (Å²) < 4.78 is 0. The van der Waals surface area contributed by atoms with Gasteiger partial charge in [0, 0.05) is 5.69 Å². The van der Waals surface area contributed by atoms with Crippen LogP contribution >= 0.6 is 0 Å². The van der Waals surface area contributed by atoms with E-state index in [9.17, 15) is 0 Å². The molecule has 0 spiro atoms. The standard InChI is InChI=1S/C14H21N/c1-14(2)10-4-3-5-13(14)11-6-8-12(15)9-7-11/h6-9,13H,3-5,10,15H2,1-2H3. The van der Waals surface area contributed by atoms with Gasteiger partial charge in [0.15, 0.2) is 0 Å². The molecule has 15 heavy (non-hydrogen) atoms. The first-order valence-electron chi connectivity index (χ1n) is 5.95. The van der Waals surface area contributed by atoms with Crippen molar-refractivity contribution >= 4 is 5.69 Å². The highest BCUT2D eigenvalue weighted by Crippen LogP contribution is 2.46. The van der Waals surface area contributed by atoms with Gasteiger partial charge in [0.05, 0.1) is 0 Å². The number of rotatable bonds is 1. The number of anilines is 1. The van der Waals surface area contributed by atoms with Gasteiger partial charge in [0.2, 0.25) is 0 Å². The Hall–Kier alpha value is -0.980. The third kappa shape index (κ3) is 2.17. The second-order valence-corrected chi connectivity index (χ2v) is 5.45. The van der Waals surface area contributed by atoms with Crippen molar-refractivity contribution in [1.82, 2.24) is 0 Å². The van der Waals surface area contributed by atoms with Gasteiger partial charge in [-0.15, -0.1) is 0 Å². The number of nitrogens with two attached hydrogens (primary N) is 1. The second-order valence-electron chi connectivity index (χ2n) is 5.45. The average molecular weight is 203 g/mol. The Labute approximate surface area is 92.7 Å². The van der Waals surface area contributed by atoms with Gasteiger partial charge < -0.3 is 5.73 Å². The molecule has 0 radical (unpaired) electrons. The molecule has 1 unspecified atom stereocenters. The van der Waals surface area contributed by atoms with Gasteiger partial charge in [-0.25, -0.2) is 0 Å². The molecular formula is C14H21N. The molecule has 1 nitrogen and oxygen atoms in total. The molecule has 1 atom stereocenters. The molecule has 0 aliphatic heterocycles.